The molecule has 1 atom stereocenters. The Morgan fingerprint density at radius 2 is 2.38 bits per heavy atom. The third kappa shape index (κ3) is 2.01. The van der Waals surface area contributed by atoms with Gasteiger partial charge in [-0.3, -0.25) is 9.59 Å². The fraction of sp³-hybridized carbons (Fsp3) is 0.500. The van der Waals surface area contributed by atoms with Gasteiger partial charge in [0.2, 0.25) is 0 Å². The highest BCUT2D eigenvalue weighted by atomic mass is 16.5. The molecular formula is C12H15NO3. The number of esters is 1. The van der Waals surface area contributed by atoms with Gasteiger partial charge in [0, 0.05) is 24.2 Å². The molecule has 0 saturated carbocycles. The molecule has 0 radical (unpaired) electrons. The molecule has 1 aliphatic heterocycles. The summed E-state index contributed by atoms with van der Waals surface area (Å²) in [5.74, 6) is -0.0927. The Hall–Kier alpha value is -1.58. The summed E-state index contributed by atoms with van der Waals surface area (Å²) in [7, 11) is 1.39. The van der Waals surface area contributed by atoms with Crippen LogP contribution in [0.5, 0.6) is 0 Å². The summed E-state index contributed by atoms with van der Waals surface area (Å²) in [6.07, 6.45) is 2.25. The molecule has 1 aromatic heterocycles. The maximum absolute atomic E-state index is 11.6. The van der Waals surface area contributed by atoms with Crippen molar-refractivity contribution < 1.29 is 9.53 Å². The van der Waals surface area contributed by atoms with Crippen molar-refractivity contribution in [2.75, 3.05) is 7.11 Å². The van der Waals surface area contributed by atoms with Gasteiger partial charge >= 0.3 is 5.97 Å². The van der Waals surface area contributed by atoms with Crippen LogP contribution in [-0.2, 0) is 16.1 Å². The van der Waals surface area contributed by atoms with Gasteiger partial charge in [0.25, 0.3) is 5.56 Å². The number of rotatable bonds is 2. The molecule has 0 N–H and O–H groups in total. The first-order chi connectivity index (χ1) is 7.72. The number of methoxy groups -OCH3 is 1. The van der Waals surface area contributed by atoms with E-state index in [0.717, 1.165) is 25.1 Å². The average molecular weight is 221 g/mol. The Morgan fingerprint density at radius 3 is 3.12 bits per heavy atom. The van der Waals surface area contributed by atoms with Gasteiger partial charge in [0.15, 0.2) is 0 Å². The van der Waals surface area contributed by atoms with E-state index in [1.165, 1.54) is 7.11 Å². The Balaban J connectivity index is 2.30. The zero-order chi connectivity index (χ0) is 11.5. The molecule has 86 valence electrons. The summed E-state index contributed by atoms with van der Waals surface area (Å²) in [6.45, 7) is 0.757. The number of pyridine rings is 1. The van der Waals surface area contributed by atoms with Gasteiger partial charge in [-0.2, -0.15) is 0 Å². The number of hydrogen-bond donors (Lipinski definition) is 0. The van der Waals surface area contributed by atoms with E-state index >= 15 is 0 Å². The van der Waals surface area contributed by atoms with E-state index in [4.69, 9.17) is 0 Å². The number of hydrogen-bond acceptors (Lipinski definition) is 3. The summed E-state index contributed by atoms with van der Waals surface area (Å²) in [4.78, 5) is 22.9. The van der Waals surface area contributed by atoms with Crippen molar-refractivity contribution in [3.63, 3.8) is 0 Å². The fourth-order valence-corrected chi connectivity index (χ4v) is 2.27. The van der Waals surface area contributed by atoms with Crippen LogP contribution in [-0.4, -0.2) is 17.6 Å². The third-order valence-electron chi connectivity index (χ3n) is 3.08. The van der Waals surface area contributed by atoms with Crippen LogP contribution in [0.25, 0.3) is 0 Å². The zero-order valence-corrected chi connectivity index (χ0v) is 9.31. The quantitative estimate of drug-likeness (QED) is 0.707. The summed E-state index contributed by atoms with van der Waals surface area (Å²) in [6, 6.07) is 5.24. The molecule has 16 heavy (non-hydrogen) atoms. The topological polar surface area (TPSA) is 48.3 Å². The molecule has 0 saturated heterocycles. The average Bonchev–Trinajstić information content (AvgIpc) is 2.30. The maximum atomic E-state index is 11.6. The molecule has 1 aromatic rings. The normalized spacial score (nSPS) is 18.9. The smallest absolute Gasteiger partial charge is 0.306 e. The molecule has 1 unspecified atom stereocenters. The summed E-state index contributed by atoms with van der Waals surface area (Å²) in [5.41, 5.74) is 0.983. The first-order valence-electron chi connectivity index (χ1n) is 5.49. The highest BCUT2D eigenvalue weighted by molar-refractivity contribution is 5.70. The molecule has 0 spiro atoms. The van der Waals surface area contributed by atoms with E-state index in [1.807, 2.05) is 6.07 Å². The highest BCUT2D eigenvalue weighted by Crippen LogP contribution is 2.28. The first kappa shape index (κ1) is 10.9. The van der Waals surface area contributed by atoms with E-state index in [9.17, 15) is 9.59 Å². The van der Waals surface area contributed by atoms with Crippen molar-refractivity contribution in [2.24, 2.45) is 0 Å². The third-order valence-corrected chi connectivity index (χ3v) is 3.08. The standard InChI is InChI=1S/C12H15NO3/c1-16-12(15)8-9-4-3-7-13-10(9)5-2-6-11(13)14/h2,5-6,9H,3-4,7-8H2,1H3. The van der Waals surface area contributed by atoms with Gasteiger partial charge in [-0.1, -0.05) is 6.07 Å². The van der Waals surface area contributed by atoms with Crippen molar-refractivity contribution in [3.05, 3.63) is 34.2 Å². The number of carbonyl (C=O) groups excluding carboxylic acids is 1. The Labute approximate surface area is 93.8 Å². The minimum Gasteiger partial charge on any atom is -0.469 e. The van der Waals surface area contributed by atoms with E-state index in [1.54, 1.807) is 16.7 Å². The number of carbonyl (C=O) groups is 1. The lowest BCUT2D eigenvalue weighted by atomic mass is 9.92. The monoisotopic (exact) mass is 221 g/mol. The van der Waals surface area contributed by atoms with Crippen molar-refractivity contribution in [3.8, 4) is 0 Å². The molecule has 1 aliphatic rings. The van der Waals surface area contributed by atoms with Crippen LogP contribution < -0.4 is 5.56 Å². The minimum absolute atomic E-state index is 0.0204. The van der Waals surface area contributed by atoms with Crippen LogP contribution in [0.1, 0.15) is 30.9 Å². The van der Waals surface area contributed by atoms with Crippen molar-refractivity contribution >= 4 is 5.97 Å². The first-order valence-corrected chi connectivity index (χ1v) is 5.49. The molecule has 0 amide bonds. The number of aromatic nitrogens is 1. The lowest BCUT2D eigenvalue weighted by Crippen LogP contribution is -2.28. The molecule has 0 bridgehead atoms. The Kier molecular flexibility index (Phi) is 3.08. The molecule has 0 aromatic carbocycles. The maximum Gasteiger partial charge on any atom is 0.306 e. The minimum atomic E-state index is -0.213. The molecule has 2 rings (SSSR count). The van der Waals surface area contributed by atoms with Gasteiger partial charge in [0.05, 0.1) is 13.5 Å². The number of nitrogens with zero attached hydrogens (tertiary/aromatic N) is 1. The lowest BCUT2D eigenvalue weighted by Gasteiger charge is -2.25. The highest BCUT2D eigenvalue weighted by Gasteiger charge is 2.23. The lowest BCUT2D eigenvalue weighted by molar-refractivity contribution is -0.141. The van der Waals surface area contributed by atoms with E-state index in [-0.39, 0.29) is 17.4 Å². The van der Waals surface area contributed by atoms with Crippen LogP contribution in [0, 0.1) is 0 Å². The predicted molar refractivity (Wildman–Crippen MR) is 59.3 cm³/mol. The summed E-state index contributed by atoms with van der Waals surface area (Å²) in [5, 5.41) is 0. The summed E-state index contributed by atoms with van der Waals surface area (Å²) < 4.78 is 6.43. The van der Waals surface area contributed by atoms with Crippen LogP contribution in [0.4, 0.5) is 0 Å². The van der Waals surface area contributed by atoms with Gasteiger partial charge in [0.1, 0.15) is 0 Å². The Morgan fingerprint density at radius 1 is 1.56 bits per heavy atom. The van der Waals surface area contributed by atoms with Gasteiger partial charge in [-0.05, 0) is 18.9 Å². The fourth-order valence-electron chi connectivity index (χ4n) is 2.27. The largest absolute Gasteiger partial charge is 0.469 e. The SMILES string of the molecule is COC(=O)CC1CCCn2c1cccc2=O. The van der Waals surface area contributed by atoms with Gasteiger partial charge < -0.3 is 9.30 Å². The van der Waals surface area contributed by atoms with E-state index in [2.05, 4.69) is 4.74 Å². The molecular weight excluding hydrogens is 206 g/mol. The van der Waals surface area contributed by atoms with Crippen LogP contribution >= 0.6 is 0 Å². The van der Waals surface area contributed by atoms with E-state index < -0.39 is 0 Å². The van der Waals surface area contributed by atoms with Crippen molar-refractivity contribution in [1.82, 2.24) is 4.57 Å². The second-order valence-corrected chi connectivity index (χ2v) is 4.06. The second-order valence-electron chi connectivity index (χ2n) is 4.06. The molecule has 0 fully saturated rings. The van der Waals surface area contributed by atoms with Gasteiger partial charge in [-0.15, -0.1) is 0 Å². The zero-order valence-electron chi connectivity index (χ0n) is 9.31. The predicted octanol–water partition coefficient (Wildman–Crippen LogP) is 1.29. The molecule has 2 heterocycles. The van der Waals surface area contributed by atoms with Crippen LogP contribution in [0.15, 0.2) is 23.0 Å². The van der Waals surface area contributed by atoms with Crippen LogP contribution in [0.3, 0.4) is 0 Å². The van der Waals surface area contributed by atoms with Crippen molar-refractivity contribution in [1.29, 1.82) is 0 Å². The summed E-state index contributed by atoms with van der Waals surface area (Å²) >= 11 is 0. The Bertz CT molecular complexity index is 450. The number of ether oxygens (including phenoxy) is 1. The molecule has 0 aliphatic carbocycles. The van der Waals surface area contributed by atoms with Crippen molar-refractivity contribution in [2.45, 2.75) is 31.7 Å². The van der Waals surface area contributed by atoms with E-state index in [0.29, 0.717) is 6.42 Å². The second kappa shape index (κ2) is 4.51. The molecule has 4 heteroatoms. The van der Waals surface area contributed by atoms with Crippen LogP contribution in [0.2, 0.25) is 0 Å². The number of fused-ring (bicyclic) bond motifs is 1. The van der Waals surface area contributed by atoms with Gasteiger partial charge in [-0.25, -0.2) is 0 Å². The molecule has 4 nitrogen and oxygen atoms in total.